The van der Waals surface area contributed by atoms with Crippen molar-refractivity contribution in [1.82, 2.24) is 15.1 Å². The topological polar surface area (TPSA) is 73.9 Å². The summed E-state index contributed by atoms with van der Waals surface area (Å²) in [6, 6.07) is 25.3. The number of para-hydroxylation sites is 2. The van der Waals surface area contributed by atoms with Crippen molar-refractivity contribution in [2.75, 3.05) is 38.6 Å². The van der Waals surface area contributed by atoms with Crippen LogP contribution in [-0.4, -0.2) is 55.0 Å². The molecule has 7 nitrogen and oxygen atoms in total. The van der Waals surface area contributed by atoms with Crippen molar-refractivity contribution < 1.29 is 14.3 Å². The molecule has 1 spiro atoms. The molecule has 5 rings (SSSR count). The lowest BCUT2D eigenvalue weighted by atomic mass is 9.77. The van der Waals surface area contributed by atoms with E-state index in [2.05, 4.69) is 55.7 Å². The second-order valence-corrected chi connectivity index (χ2v) is 11.7. The van der Waals surface area contributed by atoms with E-state index in [0.717, 1.165) is 61.9 Å². The van der Waals surface area contributed by atoms with Gasteiger partial charge in [-0.05, 0) is 74.2 Å². The zero-order chi connectivity index (χ0) is 28.0. The van der Waals surface area contributed by atoms with Gasteiger partial charge in [-0.2, -0.15) is 0 Å². The van der Waals surface area contributed by atoms with Crippen LogP contribution in [0.2, 0.25) is 0 Å². The van der Waals surface area contributed by atoms with Crippen LogP contribution in [0.25, 0.3) is 0 Å². The van der Waals surface area contributed by atoms with Crippen molar-refractivity contribution in [2.45, 2.75) is 38.3 Å². The number of hydrogen-bond donors (Lipinski definition) is 2. The smallest absolute Gasteiger partial charge is 0.319 e. The van der Waals surface area contributed by atoms with E-state index < -0.39 is 0 Å². The Bertz CT molecular complexity index is 1290. The average molecular weight is 606 g/mol. The summed E-state index contributed by atoms with van der Waals surface area (Å²) in [4.78, 5) is 30.9. The largest absolute Gasteiger partial charge is 0.495 e. The highest BCUT2D eigenvalue weighted by molar-refractivity contribution is 9.10. The number of urea groups is 1. The first kappa shape index (κ1) is 28.2. The number of anilines is 1. The van der Waals surface area contributed by atoms with Crippen LogP contribution >= 0.6 is 15.9 Å². The first-order valence-corrected chi connectivity index (χ1v) is 14.8. The van der Waals surface area contributed by atoms with Gasteiger partial charge in [-0.25, -0.2) is 4.79 Å². The Hall–Kier alpha value is -3.36. The monoisotopic (exact) mass is 604 g/mol. The Morgan fingerprint density at radius 1 is 0.950 bits per heavy atom. The van der Waals surface area contributed by atoms with Gasteiger partial charge in [-0.1, -0.05) is 70.5 Å². The van der Waals surface area contributed by atoms with Crippen molar-refractivity contribution in [2.24, 2.45) is 5.41 Å². The van der Waals surface area contributed by atoms with E-state index in [-0.39, 0.29) is 17.5 Å². The highest BCUT2D eigenvalue weighted by Crippen LogP contribution is 2.42. The Morgan fingerprint density at radius 2 is 1.62 bits per heavy atom. The number of hydrogen-bond acceptors (Lipinski definition) is 4. The molecule has 2 heterocycles. The number of nitrogens with one attached hydrogen (secondary N) is 2. The molecule has 0 radical (unpaired) electrons. The number of carbonyl (C=O) groups is 2. The quantitative estimate of drug-likeness (QED) is 0.304. The third-order valence-corrected chi connectivity index (χ3v) is 8.83. The van der Waals surface area contributed by atoms with E-state index in [0.29, 0.717) is 23.9 Å². The second kappa shape index (κ2) is 12.9. The number of methoxy groups -OCH3 is 1. The Kier molecular flexibility index (Phi) is 9.07. The van der Waals surface area contributed by atoms with Crippen molar-refractivity contribution in [3.8, 4) is 5.75 Å². The highest BCUT2D eigenvalue weighted by Gasteiger charge is 2.47. The van der Waals surface area contributed by atoms with E-state index in [1.807, 2.05) is 59.5 Å². The Labute approximate surface area is 245 Å². The molecule has 210 valence electrons. The summed E-state index contributed by atoms with van der Waals surface area (Å²) < 4.78 is 6.42. The van der Waals surface area contributed by atoms with E-state index in [9.17, 15) is 9.59 Å². The predicted molar refractivity (Wildman–Crippen MR) is 161 cm³/mol. The summed E-state index contributed by atoms with van der Waals surface area (Å²) in [6.45, 7) is 4.15. The predicted octanol–water partition coefficient (Wildman–Crippen LogP) is 6.23. The number of rotatable bonds is 9. The van der Waals surface area contributed by atoms with Gasteiger partial charge in [-0.15, -0.1) is 0 Å². The third kappa shape index (κ3) is 6.67. The summed E-state index contributed by atoms with van der Waals surface area (Å²) in [7, 11) is 1.59. The number of nitrogens with zero attached hydrogens (tertiary/aromatic N) is 2. The Morgan fingerprint density at radius 3 is 2.35 bits per heavy atom. The lowest BCUT2D eigenvalue weighted by Gasteiger charge is -2.38. The van der Waals surface area contributed by atoms with Gasteiger partial charge in [0.05, 0.1) is 24.3 Å². The standard InChI is InChI=1S/C32H37BrN4O3/c1-40-29-10-6-5-9-28(29)35-31(39)34-27(25-7-3-2-4-8-25)15-19-36-20-16-32(17-21-36)18-22-37(30(32)38)23-24-11-13-26(33)14-12-24/h2-14,27H,15-23H2,1H3,(H2,34,35,39). The number of benzene rings is 3. The number of amides is 3. The molecule has 3 amide bonds. The molecule has 1 atom stereocenters. The van der Waals surface area contributed by atoms with E-state index in [1.54, 1.807) is 7.11 Å². The number of ether oxygens (including phenoxy) is 1. The van der Waals surface area contributed by atoms with Gasteiger partial charge >= 0.3 is 6.03 Å². The maximum Gasteiger partial charge on any atom is 0.319 e. The molecule has 8 heteroatoms. The molecule has 2 aliphatic heterocycles. The van der Waals surface area contributed by atoms with Gasteiger partial charge in [-0.3, -0.25) is 4.79 Å². The summed E-state index contributed by atoms with van der Waals surface area (Å²) in [6.07, 6.45) is 3.49. The molecule has 2 saturated heterocycles. The minimum Gasteiger partial charge on any atom is -0.495 e. The van der Waals surface area contributed by atoms with Crippen LogP contribution in [0.3, 0.4) is 0 Å². The molecule has 2 fully saturated rings. The number of carbonyl (C=O) groups excluding carboxylic acids is 2. The van der Waals surface area contributed by atoms with E-state index in [1.165, 1.54) is 5.56 Å². The van der Waals surface area contributed by atoms with Gasteiger partial charge in [0.15, 0.2) is 0 Å². The fraction of sp³-hybridized carbons (Fsp3) is 0.375. The molecular formula is C32H37BrN4O3. The number of halogens is 1. The zero-order valence-electron chi connectivity index (χ0n) is 22.9. The molecule has 0 bridgehead atoms. The molecule has 1 unspecified atom stereocenters. The van der Waals surface area contributed by atoms with Crippen LogP contribution in [0.4, 0.5) is 10.5 Å². The lowest BCUT2D eigenvalue weighted by Crippen LogP contribution is -2.45. The van der Waals surface area contributed by atoms with Crippen LogP contribution in [0, 0.1) is 5.41 Å². The minimum absolute atomic E-state index is 0.138. The van der Waals surface area contributed by atoms with Gasteiger partial charge in [0.25, 0.3) is 0 Å². The lowest BCUT2D eigenvalue weighted by molar-refractivity contribution is -0.138. The number of piperidine rings is 1. The van der Waals surface area contributed by atoms with Crippen molar-refractivity contribution in [3.63, 3.8) is 0 Å². The third-order valence-electron chi connectivity index (χ3n) is 8.30. The molecule has 2 N–H and O–H groups in total. The van der Waals surface area contributed by atoms with Gasteiger partial charge in [0.1, 0.15) is 5.75 Å². The highest BCUT2D eigenvalue weighted by atomic mass is 79.9. The minimum atomic E-state index is -0.265. The summed E-state index contributed by atoms with van der Waals surface area (Å²) in [5, 5.41) is 6.09. The van der Waals surface area contributed by atoms with E-state index in [4.69, 9.17) is 4.74 Å². The van der Waals surface area contributed by atoms with E-state index >= 15 is 0 Å². The van der Waals surface area contributed by atoms with Gasteiger partial charge in [0.2, 0.25) is 5.91 Å². The molecule has 2 aliphatic rings. The Balaban J connectivity index is 1.15. The van der Waals surface area contributed by atoms with Crippen molar-refractivity contribution >= 4 is 33.6 Å². The summed E-state index contributed by atoms with van der Waals surface area (Å²) in [5.74, 6) is 0.930. The number of likely N-dealkylation sites (tertiary alicyclic amines) is 2. The zero-order valence-corrected chi connectivity index (χ0v) is 24.5. The maximum absolute atomic E-state index is 13.5. The first-order valence-electron chi connectivity index (χ1n) is 14.0. The van der Waals surface area contributed by atoms with Crippen LogP contribution in [0.15, 0.2) is 83.3 Å². The fourth-order valence-corrected chi connectivity index (χ4v) is 6.17. The fourth-order valence-electron chi connectivity index (χ4n) is 5.91. The first-order chi connectivity index (χ1) is 19.5. The molecule has 0 saturated carbocycles. The van der Waals surface area contributed by atoms with Crippen LogP contribution in [0.5, 0.6) is 5.75 Å². The SMILES string of the molecule is COc1ccccc1NC(=O)NC(CCN1CCC2(CC1)CCN(Cc1ccc(Br)cc1)C2=O)c1ccccc1. The van der Waals surface area contributed by atoms with Crippen LogP contribution in [-0.2, 0) is 11.3 Å². The normalized spacial score (nSPS) is 17.6. The molecule has 0 aromatic heterocycles. The van der Waals surface area contributed by atoms with Gasteiger partial charge < -0.3 is 25.2 Å². The van der Waals surface area contributed by atoms with Crippen LogP contribution < -0.4 is 15.4 Å². The van der Waals surface area contributed by atoms with Gasteiger partial charge in [0, 0.05) is 24.1 Å². The molecular weight excluding hydrogens is 568 g/mol. The molecule has 3 aromatic rings. The molecule has 40 heavy (non-hydrogen) atoms. The maximum atomic E-state index is 13.5. The average Bonchev–Trinajstić information content (AvgIpc) is 3.27. The van der Waals surface area contributed by atoms with Crippen molar-refractivity contribution in [1.29, 1.82) is 0 Å². The summed E-state index contributed by atoms with van der Waals surface area (Å²) >= 11 is 3.48. The summed E-state index contributed by atoms with van der Waals surface area (Å²) in [5.41, 5.74) is 2.64. The molecule has 3 aromatic carbocycles. The second-order valence-electron chi connectivity index (χ2n) is 10.8. The molecule has 0 aliphatic carbocycles. The van der Waals surface area contributed by atoms with Crippen molar-refractivity contribution in [3.05, 3.63) is 94.5 Å². The van der Waals surface area contributed by atoms with Crippen LogP contribution in [0.1, 0.15) is 42.9 Å².